The van der Waals surface area contributed by atoms with E-state index in [-0.39, 0.29) is 16.9 Å². The number of carboxylic acids is 1. The van der Waals surface area contributed by atoms with Gasteiger partial charge in [0.05, 0.1) is 5.56 Å². The molecule has 23 heavy (non-hydrogen) atoms. The van der Waals surface area contributed by atoms with Crippen LogP contribution in [0.1, 0.15) is 15.9 Å². The normalized spacial score (nSPS) is 10.7. The lowest BCUT2D eigenvalue weighted by molar-refractivity contribution is -0.112. The lowest BCUT2D eigenvalue weighted by Gasteiger charge is -2.05. The highest BCUT2D eigenvalue weighted by Crippen LogP contribution is 2.15. The molecule has 0 aromatic heterocycles. The SMILES string of the molecule is N#C/C(=C\c1ccc(O)cc1)C(=O)Nc1ccc(C(=O)O)cc1. The van der Waals surface area contributed by atoms with Gasteiger partial charge in [0.2, 0.25) is 0 Å². The number of nitrogens with one attached hydrogen (secondary N) is 1. The Hall–Kier alpha value is -3.59. The van der Waals surface area contributed by atoms with Crippen molar-refractivity contribution >= 4 is 23.6 Å². The largest absolute Gasteiger partial charge is 0.508 e. The maximum absolute atomic E-state index is 12.1. The molecular formula is C17H12N2O4. The molecule has 2 rings (SSSR count). The van der Waals surface area contributed by atoms with E-state index < -0.39 is 11.9 Å². The fraction of sp³-hybridized carbons (Fsp3) is 0. The predicted octanol–water partition coefficient (Wildman–Crippen LogP) is 2.64. The lowest BCUT2D eigenvalue weighted by atomic mass is 10.1. The van der Waals surface area contributed by atoms with E-state index in [0.717, 1.165) is 0 Å². The number of hydrogen-bond acceptors (Lipinski definition) is 4. The number of nitriles is 1. The number of nitrogens with zero attached hydrogens (tertiary/aromatic N) is 1. The molecule has 0 fully saturated rings. The van der Waals surface area contributed by atoms with Crippen LogP contribution in [0.3, 0.4) is 0 Å². The molecule has 6 nitrogen and oxygen atoms in total. The second-order valence-corrected chi connectivity index (χ2v) is 4.60. The Kier molecular flexibility index (Phi) is 4.75. The van der Waals surface area contributed by atoms with Crippen molar-refractivity contribution in [2.75, 3.05) is 5.32 Å². The zero-order valence-electron chi connectivity index (χ0n) is 11.9. The number of phenols is 1. The summed E-state index contributed by atoms with van der Waals surface area (Å²) in [6.07, 6.45) is 1.39. The number of hydrogen-bond donors (Lipinski definition) is 3. The lowest BCUT2D eigenvalue weighted by Crippen LogP contribution is -2.13. The maximum Gasteiger partial charge on any atom is 0.335 e. The van der Waals surface area contributed by atoms with Gasteiger partial charge in [-0.25, -0.2) is 4.79 Å². The zero-order chi connectivity index (χ0) is 16.8. The molecule has 1 amide bonds. The number of aromatic hydroxyl groups is 1. The van der Waals surface area contributed by atoms with Gasteiger partial charge in [-0.1, -0.05) is 12.1 Å². The van der Waals surface area contributed by atoms with Crippen molar-refractivity contribution < 1.29 is 19.8 Å². The second-order valence-electron chi connectivity index (χ2n) is 4.60. The summed E-state index contributed by atoms with van der Waals surface area (Å²) in [6, 6.07) is 13.4. The molecule has 0 aliphatic heterocycles. The Morgan fingerprint density at radius 3 is 2.17 bits per heavy atom. The van der Waals surface area contributed by atoms with Gasteiger partial charge in [0.25, 0.3) is 5.91 Å². The third-order valence-corrected chi connectivity index (χ3v) is 2.96. The van der Waals surface area contributed by atoms with E-state index >= 15 is 0 Å². The van der Waals surface area contributed by atoms with Crippen LogP contribution in [0.2, 0.25) is 0 Å². The van der Waals surface area contributed by atoms with Gasteiger partial charge in [0, 0.05) is 5.69 Å². The maximum atomic E-state index is 12.1. The fourth-order valence-corrected chi connectivity index (χ4v) is 1.78. The Morgan fingerprint density at radius 1 is 1.04 bits per heavy atom. The minimum Gasteiger partial charge on any atom is -0.508 e. The van der Waals surface area contributed by atoms with E-state index in [0.29, 0.717) is 11.3 Å². The highest BCUT2D eigenvalue weighted by molar-refractivity contribution is 6.09. The van der Waals surface area contributed by atoms with Gasteiger partial charge in [-0.15, -0.1) is 0 Å². The molecule has 0 unspecified atom stereocenters. The summed E-state index contributed by atoms with van der Waals surface area (Å²) >= 11 is 0. The smallest absolute Gasteiger partial charge is 0.335 e. The summed E-state index contributed by atoms with van der Waals surface area (Å²) in [7, 11) is 0. The molecule has 0 bridgehead atoms. The Morgan fingerprint density at radius 2 is 1.65 bits per heavy atom. The summed E-state index contributed by atoms with van der Waals surface area (Å²) in [5.41, 5.74) is 0.962. The van der Waals surface area contributed by atoms with Gasteiger partial charge in [0.15, 0.2) is 0 Å². The number of carbonyl (C=O) groups is 2. The first-order valence-corrected chi connectivity index (χ1v) is 6.55. The van der Waals surface area contributed by atoms with Crippen LogP contribution < -0.4 is 5.32 Å². The van der Waals surface area contributed by atoms with E-state index in [2.05, 4.69) is 5.32 Å². The highest BCUT2D eigenvalue weighted by atomic mass is 16.4. The summed E-state index contributed by atoms with van der Waals surface area (Å²) in [6.45, 7) is 0. The number of anilines is 1. The zero-order valence-corrected chi connectivity index (χ0v) is 11.9. The minimum absolute atomic E-state index is 0.0867. The number of amides is 1. The molecule has 3 N–H and O–H groups in total. The van der Waals surface area contributed by atoms with Gasteiger partial charge in [-0.3, -0.25) is 4.79 Å². The monoisotopic (exact) mass is 308 g/mol. The number of rotatable bonds is 4. The molecule has 0 aliphatic rings. The number of aromatic carboxylic acids is 1. The molecule has 0 aliphatic carbocycles. The van der Waals surface area contributed by atoms with E-state index in [1.165, 1.54) is 42.5 Å². The summed E-state index contributed by atoms with van der Waals surface area (Å²) in [5.74, 6) is -1.58. The van der Waals surface area contributed by atoms with Crippen molar-refractivity contribution in [2.24, 2.45) is 0 Å². The molecule has 0 saturated carbocycles. The van der Waals surface area contributed by atoms with Crippen LogP contribution >= 0.6 is 0 Å². The first-order valence-electron chi connectivity index (χ1n) is 6.55. The quantitative estimate of drug-likeness (QED) is 0.594. The molecule has 0 radical (unpaired) electrons. The van der Waals surface area contributed by atoms with Crippen molar-refractivity contribution in [2.45, 2.75) is 0 Å². The fourth-order valence-electron chi connectivity index (χ4n) is 1.78. The summed E-state index contributed by atoms with van der Waals surface area (Å²) in [5, 5.41) is 29.6. The van der Waals surface area contributed by atoms with Crippen LogP contribution in [0.5, 0.6) is 5.75 Å². The van der Waals surface area contributed by atoms with Crippen molar-refractivity contribution in [3.05, 3.63) is 65.2 Å². The number of phenolic OH excluding ortho intramolecular Hbond substituents is 1. The molecule has 114 valence electrons. The van der Waals surface area contributed by atoms with E-state index in [4.69, 9.17) is 10.4 Å². The highest BCUT2D eigenvalue weighted by Gasteiger charge is 2.10. The molecule has 0 saturated heterocycles. The number of benzene rings is 2. The average Bonchev–Trinajstić information content (AvgIpc) is 2.54. The summed E-state index contributed by atoms with van der Waals surface area (Å²) < 4.78 is 0. The molecule has 0 spiro atoms. The van der Waals surface area contributed by atoms with Crippen LogP contribution in [-0.2, 0) is 4.79 Å². The van der Waals surface area contributed by atoms with Crippen molar-refractivity contribution in [1.82, 2.24) is 0 Å². The average molecular weight is 308 g/mol. The summed E-state index contributed by atoms with van der Waals surface area (Å²) in [4.78, 5) is 22.8. The van der Waals surface area contributed by atoms with Crippen LogP contribution in [0, 0.1) is 11.3 Å². The molecule has 0 atom stereocenters. The van der Waals surface area contributed by atoms with Crippen molar-refractivity contribution in [1.29, 1.82) is 5.26 Å². The van der Waals surface area contributed by atoms with Gasteiger partial charge in [0.1, 0.15) is 17.4 Å². The van der Waals surface area contributed by atoms with E-state index in [1.54, 1.807) is 12.1 Å². The van der Waals surface area contributed by atoms with E-state index in [1.807, 2.05) is 6.07 Å². The van der Waals surface area contributed by atoms with E-state index in [9.17, 15) is 14.7 Å². The number of carbonyl (C=O) groups excluding carboxylic acids is 1. The van der Waals surface area contributed by atoms with Gasteiger partial charge >= 0.3 is 5.97 Å². The van der Waals surface area contributed by atoms with Gasteiger partial charge in [-0.2, -0.15) is 5.26 Å². The Balaban J connectivity index is 2.15. The first-order chi connectivity index (χ1) is 11.0. The molecule has 2 aromatic rings. The minimum atomic E-state index is -1.06. The molecule has 0 heterocycles. The second kappa shape index (κ2) is 6.91. The first kappa shape index (κ1) is 15.8. The molecule has 2 aromatic carbocycles. The topological polar surface area (TPSA) is 110 Å². The van der Waals surface area contributed by atoms with Crippen LogP contribution in [0.15, 0.2) is 54.1 Å². The Labute approximate surface area is 131 Å². The van der Waals surface area contributed by atoms with Crippen LogP contribution in [0.25, 0.3) is 6.08 Å². The standard InChI is InChI=1S/C17H12N2O4/c18-10-13(9-11-1-7-15(20)8-2-11)16(21)19-14-5-3-12(4-6-14)17(22)23/h1-9,20H,(H,19,21)(H,22,23)/b13-9+. The third kappa shape index (κ3) is 4.19. The van der Waals surface area contributed by atoms with Gasteiger partial charge < -0.3 is 15.5 Å². The van der Waals surface area contributed by atoms with Crippen LogP contribution in [-0.4, -0.2) is 22.1 Å². The third-order valence-electron chi connectivity index (χ3n) is 2.96. The molecular weight excluding hydrogens is 296 g/mol. The van der Waals surface area contributed by atoms with Crippen LogP contribution in [0.4, 0.5) is 5.69 Å². The molecule has 6 heteroatoms. The van der Waals surface area contributed by atoms with Gasteiger partial charge in [-0.05, 0) is 48.0 Å². The van der Waals surface area contributed by atoms with Crippen molar-refractivity contribution in [3.63, 3.8) is 0 Å². The number of carboxylic acid groups (broad SMARTS) is 1. The van der Waals surface area contributed by atoms with Crippen molar-refractivity contribution in [3.8, 4) is 11.8 Å². The Bertz CT molecular complexity index is 800. The predicted molar refractivity (Wildman–Crippen MR) is 83.7 cm³/mol.